The van der Waals surface area contributed by atoms with E-state index < -0.39 is 0 Å². The molecule has 6 heteroatoms. The second-order valence-electron chi connectivity index (χ2n) is 9.05. The third-order valence-electron chi connectivity index (χ3n) is 6.74. The Hall–Kier alpha value is -2.08. The van der Waals surface area contributed by atoms with Gasteiger partial charge in [0.1, 0.15) is 0 Å². The van der Waals surface area contributed by atoms with Crippen LogP contribution in [0, 0.1) is 5.41 Å². The second kappa shape index (κ2) is 12.1. The molecule has 1 heterocycles. The van der Waals surface area contributed by atoms with Crippen molar-refractivity contribution in [2.45, 2.75) is 64.8 Å². The van der Waals surface area contributed by atoms with Crippen molar-refractivity contribution in [2.75, 3.05) is 39.9 Å². The Kier molecular flexibility index (Phi) is 9.19. The number of aliphatic imine (C=N–C) groups is 1. The summed E-state index contributed by atoms with van der Waals surface area (Å²) in [6, 6.07) is 7.95. The van der Waals surface area contributed by atoms with E-state index in [1.807, 2.05) is 29.2 Å². The standard InChI is InChI=1S/C25H40N4O2/c1-3-26-24(28-20-25(15-18-31-2)13-5-6-14-25)27-19-21-9-11-22(12-10-21)23(30)29-16-7-4-8-17-29/h9-12H,3-8,13-20H2,1-2H3,(H2,26,27,28). The fourth-order valence-corrected chi connectivity index (χ4v) is 4.77. The molecule has 172 valence electrons. The summed E-state index contributed by atoms with van der Waals surface area (Å²) >= 11 is 0. The number of methoxy groups -OCH3 is 1. The van der Waals surface area contributed by atoms with Gasteiger partial charge in [0.15, 0.2) is 5.96 Å². The maximum Gasteiger partial charge on any atom is 0.253 e. The number of piperidine rings is 1. The van der Waals surface area contributed by atoms with E-state index >= 15 is 0 Å². The van der Waals surface area contributed by atoms with Gasteiger partial charge in [-0.25, -0.2) is 4.99 Å². The van der Waals surface area contributed by atoms with Crippen molar-refractivity contribution in [3.05, 3.63) is 35.4 Å². The van der Waals surface area contributed by atoms with Gasteiger partial charge in [-0.1, -0.05) is 25.0 Å². The average Bonchev–Trinajstić information content (AvgIpc) is 3.29. The Morgan fingerprint density at radius 3 is 2.42 bits per heavy atom. The number of carbonyl (C=O) groups excluding carboxylic acids is 1. The van der Waals surface area contributed by atoms with Crippen LogP contribution < -0.4 is 10.6 Å². The van der Waals surface area contributed by atoms with Gasteiger partial charge < -0.3 is 20.3 Å². The Morgan fingerprint density at radius 2 is 1.77 bits per heavy atom. The average molecular weight is 429 g/mol. The fourth-order valence-electron chi connectivity index (χ4n) is 4.77. The number of nitrogens with zero attached hydrogens (tertiary/aromatic N) is 2. The molecule has 1 saturated heterocycles. The summed E-state index contributed by atoms with van der Waals surface area (Å²) in [6.45, 7) is 7.04. The number of benzene rings is 1. The molecular formula is C25H40N4O2. The highest BCUT2D eigenvalue weighted by Gasteiger charge is 2.33. The van der Waals surface area contributed by atoms with Crippen LogP contribution in [0.4, 0.5) is 0 Å². The van der Waals surface area contributed by atoms with E-state index in [-0.39, 0.29) is 5.91 Å². The molecule has 6 nitrogen and oxygen atoms in total. The van der Waals surface area contributed by atoms with Crippen molar-refractivity contribution in [3.63, 3.8) is 0 Å². The summed E-state index contributed by atoms with van der Waals surface area (Å²) in [5.74, 6) is 1.02. The quantitative estimate of drug-likeness (QED) is 0.461. The highest BCUT2D eigenvalue weighted by Crippen LogP contribution is 2.40. The van der Waals surface area contributed by atoms with Gasteiger partial charge in [-0.15, -0.1) is 0 Å². The number of amides is 1. The van der Waals surface area contributed by atoms with Gasteiger partial charge >= 0.3 is 0 Å². The van der Waals surface area contributed by atoms with Crippen LogP contribution in [0.25, 0.3) is 0 Å². The molecule has 0 atom stereocenters. The van der Waals surface area contributed by atoms with E-state index in [1.165, 1.54) is 32.1 Å². The van der Waals surface area contributed by atoms with Crippen LogP contribution in [-0.2, 0) is 11.3 Å². The van der Waals surface area contributed by atoms with E-state index in [9.17, 15) is 4.79 Å². The lowest BCUT2D eigenvalue weighted by atomic mass is 9.83. The molecule has 1 aromatic carbocycles. The van der Waals surface area contributed by atoms with Gasteiger partial charge in [0, 0.05) is 45.5 Å². The minimum atomic E-state index is 0.155. The fraction of sp³-hybridized carbons (Fsp3) is 0.680. The first-order valence-corrected chi connectivity index (χ1v) is 12.1. The van der Waals surface area contributed by atoms with Gasteiger partial charge in [-0.2, -0.15) is 0 Å². The largest absolute Gasteiger partial charge is 0.385 e. The van der Waals surface area contributed by atoms with Crippen LogP contribution in [-0.4, -0.2) is 56.7 Å². The van der Waals surface area contributed by atoms with Crippen molar-refractivity contribution < 1.29 is 9.53 Å². The van der Waals surface area contributed by atoms with E-state index in [0.717, 1.165) is 69.1 Å². The number of carbonyl (C=O) groups is 1. The van der Waals surface area contributed by atoms with Crippen LogP contribution >= 0.6 is 0 Å². The Labute approximate surface area is 187 Å². The Morgan fingerprint density at radius 1 is 1.06 bits per heavy atom. The van der Waals surface area contributed by atoms with Crippen LogP contribution in [0.2, 0.25) is 0 Å². The smallest absolute Gasteiger partial charge is 0.253 e. The zero-order chi connectivity index (χ0) is 21.9. The Balaban J connectivity index is 1.56. The normalized spacial score (nSPS) is 18.8. The number of hydrogen-bond acceptors (Lipinski definition) is 3. The van der Waals surface area contributed by atoms with Crippen LogP contribution in [0.1, 0.15) is 74.2 Å². The molecule has 3 rings (SSSR count). The van der Waals surface area contributed by atoms with Crippen LogP contribution in [0.15, 0.2) is 29.3 Å². The molecular weight excluding hydrogens is 388 g/mol. The van der Waals surface area contributed by atoms with Crippen molar-refractivity contribution in [1.29, 1.82) is 0 Å². The molecule has 0 unspecified atom stereocenters. The molecule has 1 aliphatic carbocycles. The zero-order valence-electron chi connectivity index (χ0n) is 19.4. The number of rotatable bonds is 9. The maximum absolute atomic E-state index is 12.6. The summed E-state index contributed by atoms with van der Waals surface area (Å²) in [7, 11) is 1.78. The second-order valence-corrected chi connectivity index (χ2v) is 9.05. The molecule has 1 aromatic rings. The molecule has 1 aliphatic heterocycles. The molecule has 31 heavy (non-hydrogen) atoms. The van der Waals surface area contributed by atoms with E-state index in [0.29, 0.717) is 12.0 Å². The lowest BCUT2D eigenvalue weighted by molar-refractivity contribution is 0.0724. The highest BCUT2D eigenvalue weighted by atomic mass is 16.5. The molecule has 0 aromatic heterocycles. The van der Waals surface area contributed by atoms with Crippen molar-refractivity contribution in [1.82, 2.24) is 15.5 Å². The van der Waals surface area contributed by atoms with Crippen molar-refractivity contribution in [2.24, 2.45) is 10.4 Å². The highest BCUT2D eigenvalue weighted by molar-refractivity contribution is 5.94. The number of nitrogens with one attached hydrogen (secondary N) is 2. The van der Waals surface area contributed by atoms with Crippen LogP contribution in [0.5, 0.6) is 0 Å². The van der Waals surface area contributed by atoms with Gasteiger partial charge in [0.2, 0.25) is 0 Å². The predicted octanol–water partition coefficient (Wildman–Crippen LogP) is 3.96. The molecule has 0 bridgehead atoms. The SMILES string of the molecule is CCNC(=NCc1ccc(C(=O)N2CCCCC2)cc1)NCC1(CCOC)CCCC1. The Bertz CT molecular complexity index is 705. The molecule has 0 spiro atoms. The minimum absolute atomic E-state index is 0.155. The van der Waals surface area contributed by atoms with Crippen molar-refractivity contribution >= 4 is 11.9 Å². The number of hydrogen-bond donors (Lipinski definition) is 2. The lowest BCUT2D eigenvalue weighted by Gasteiger charge is -2.30. The molecule has 2 fully saturated rings. The summed E-state index contributed by atoms with van der Waals surface area (Å²) in [5.41, 5.74) is 2.21. The molecule has 1 saturated carbocycles. The van der Waals surface area contributed by atoms with Gasteiger partial charge in [-0.3, -0.25) is 4.79 Å². The third kappa shape index (κ3) is 6.96. The number of likely N-dealkylation sites (tertiary alicyclic amines) is 1. The predicted molar refractivity (Wildman–Crippen MR) is 126 cm³/mol. The first kappa shape index (κ1) is 23.6. The van der Waals surface area contributed by atoms with Crippen LogP contribution in [0.3, 0.4) is 0 Å². The number of guanidine groups is 1. The number of ether oxygens (including phenoxy) is 1. The molecule has 2 aliphatic rings. The van der Waals surface area contributed by atoms with Gasteiger partial charge in [-0.05, 0) is 68.6 Å². The van der Waals surface area contributed by atoms with Gasteiger partial charge in [0.25, 0.3) is 5.91 Å². The summed E-state index contributed by atoms with van der Waals surface area (Å²) in [5, 5.41) is 6.95. The monoisotopic (exact) mass is 428 g/mol. The summed E-state index contributed by atoms with van der Waals surface area (Å²) in [4.78, 5) is 19.4. The van der Waals surface area contributed by atoms with Crippen molar-refractivity contribution in [3.8, 4) is 0 Å². The zero-order valence-corrected chi connectivity index (χ0v) is 19.4. The third-order valence-corrected chi connectivity index (χ3v) is 6.74. The minimum Gasteiger partial charge on any atom is -0.385 e. The first-order valence-electron chi connectivity index (χ1n) is 12.1. The summed E-state index contributed by atoms with van der Waals surface area (Å²) in [6.07, 6.45) is 9.70. The molecule has 0 radical (unpaired) electrons. The van der Waals surface area contributed by atoms with E-state index in [2.05, 4.69) is 17.6 Å². The summed E-state index contributed by atoms with van der Waals surface area (Å²) < 4.78 is 5.35. The topological polar surface area (TPSA) is 66.0 Å². The molecule has 2 N–H and O–H groups in total. The lowest BCUT2D eigenvalue weighted by Crippen LogP contribution is -2.43. The van der Waals surface area contributed by atoms with Gasteiger partial charge in [0.05, 0.1) is 6.54 Å². The first-order chi connectivity index (χ1) is 15.2. The van der Waals surface area contributed by atoms with E-state index in [4.69, 9.17) is 9.73 Å². The molecule has 1 amide bonds. The maximum atomic E-state index is 12.6. The van der Waals surface area contributed by atoms with E-state index in [1.54, 1.807) is 7.11 Å².